The van der Waals surface area contributed by atoms with Crippen LogP contribution in [0.4, 0.5) is 0 Å². The number of fused-ring (bicyclic) bond motifs is 1. The zero-order chi connectivity index (χ0) is 12.4. The van der Waals surface area contributed by atoms with Gasteiger partial charge in [-0.15, -0.1) is 0 Å². The van der Waals surface area contributed by atoms with E-state index in [2.05, 4.69) is 16.0 Å². The number of piperidine rings is 1. The lowest BCUT2D eigenvalue weighted by Crippen LogP contribution is -2.33. The molecule has 2 aromatic rings. The monoisotopic (exact) mass is 244 g/mol. The van der Waals surface area contributed by atoms with Gasteiger partial charge < -0.3 is 15.0 Å². The van der Waals surface area contributed by atoms with Crippen molar-refractivity contribution in [1.29, 1.82) is 0 Å². The van der Waals surface area contributed by atoms with E-state index < -0.39 is 0 Å². The van der Waals surface area contributed by atoms with Gasteiger partial charge in [-0.3, -0.25) is 0 Å². The van der Waals surface area contributed by atoms with Crippen molar-refractivity contribution in [2.75, 3.05) is 19.6 Å². The highest BCUT2D eigenvalue weighted by Crippen LogP contribution is 2.21. The largest absolute Gasteiger partial charge is 0.387 e. The number of nitrogens with one attached hydrogen (secondary N) is 1. The molecule has 0 amide bonds. The fourth-order valence-corrected chi connectivity index (χ4v) is 2.77. The second-order valence-electron chi connectivity index (χ2n) is 5.20. The number of hydrogen-bond donors (Lipinski definition) is 2. The van der Waals surface area contributed by atoms with Crippen LogP contribution in [-0.4, -0.2) is 34.6 Å². The van der Waals surface area contributed by atoms with E-state index in [0.717, 1.165) is 30.7 Å². The number of aromatic amines is 1. The van der Waals surface area contributed by atoms with E-state index in [9.17, 15) is 5.11 Å². The first-order chi connectivity index (χ1) is 8.83. The predicted molar refractivity (Wildman–Crippen MR) is 73.5 cm³/mol. The highest BCUT2D eigenvalue weighted by Gasteiger charge is 2.16. The summed E-state index contributed by atoms with van der Waals surface area (Å²) in [6.45, 7) is 3.02. The molecule has 1 unspecified atom stereocenters. The van der Waals surface area contributed by atoms with E-state index in [1.807, 2.05) is 24.4 Å². The molecular weight excluding hydrogens is 224 g/mol. The Bertz CT molecular complexity index is 514. The van der Waals surface area contributed by atoms with Gasteiger partial charge >= 0.3 is 0 Å². The molecule has 0 bridgehead atoms. The van der Waals surface area contributed by atoms with Crippen molar-refractivity contribution in [3.05, 3.63) is 36.0 Å². The Kier molecular flexibility index (Phi) is 3.35. The minimum atomic E-state index is -0.373. The molecule has 1 fully saturated rings. The molecule has 3 heteroatoms. The van der Waals surface area contributed by atoms with Gasteiger partial charge in [-0.05, 0) is 55.1 Å². The molecule has 18 heavy (non-hydrogen) atoms. The lowest BCUT2D eigenvalue weighted by Gasteiger charge is -2.28. The maximum atomic E-state index is 10.3. The number of aliphatic hydroxyl groups excluding tert-OH is 1. The van der Waals surface area contributed by atoms with Crippen LogP contribution >= 0.6 is 0 Å². The standard InChI is InChI=1S/C15H20N2O/c18-15(11-17-8-2-1-3-9-17)13-4-5-14-12(10-13)6-7-16-14/h4-7,10,15-16,18H,1-3,8-9,11H2. The molecule has 1 aliphatic heterocycles. The van der Waals surface area contributed by atoms with Crippen LogP contribution in [0.2, 0.25) is 0 Å². The number of benzene rings is 1. The summed E-state index contributed by atoms with van der Waals surface area (Å²) in [5.74, 6) is 0. The van der Waals surface area contributed by atoms with Crippen LogP contribution in [0.15, 0.2) is 30.5 Å². The fourth-order valence-electron chi connectivity index (χ4n) is 2.77. The molecular formula is C15H20N2O. The molecule has 1 atom stereocenters. The summed E-state index contributed by atoms with van der Waals surface area (Å²) < 4.78 is 0. The van der Waals surface area contributed by atoms with Gasteiger partial charge in [-0.25, -0.2) is 0 Å². The first-order valence-corrected chi connectivity index (χ1v) is 6.80. The molecule has 3 rings (SSSR count). The zero-order valence-corrected chi connectivity index (χ0v) is 10.6. The number of hydrogen-bond acceptors (Lipinski definition) is 2. The Morgan fingerprint density at radius 2 is 2.00 bits per heavy atom. The Morgan fingerprint density at radius 1 is 1.17 bits per heavy atom. The smallest absolute Gasteiger partial charge is 0.0917 e. The molecule has 0 saturated carbocycles. The van der Waals surface area contributed by atoms with E-state index in [1.165, 1.54) is 24.6 Å². The minimum Gasteiger partial charge on any atom is -0.387 e. The molecule has 96 valence electrons. The number of H-pyrrole nitrogens is 1. The molecule has 0 radical (unpaired) electrons. The molecule has 2 N–H and O–H groups in total. The number of nitrogens with zero attached hydrogens (tertiary/aromatic N) is 1. The summed E-state index contributed by atoms with van der Waals surface area (Å²) >= 11 is 0. The van der Waals surface area contributed by atoms with Gasteiger partial charge in [0.2, 0.25) is 0 Å². The van der Waals surface area contributed by atoms with Crippen molar-refractivity contribution in [2.45, 2.75) is 25.4 Å². The molecule has 1 saturated heterocycles. The molecule has 1 aromatic carbocycles. The van der Waals surface area contributed by atoms with Gasteiger partial charge in [0.15, 0.2) is 0 Å². The van der Waals surface area contributed by atoms with Crippen molar-refractivity contribution < 1.29 is 5.11 Å². The minimum absolute atomic E-state index is 0.373. The van der Waals surface area contributed by atoms with Crippen molar-refractivity contribution in [1.82, 2.24) is 9.88 Å². The van der Waals surface area contributed by atoms with Crippen LogP contribution < -0.4 is 0 Å². The third kappa shape index (κ3) is 2.42. The van der Waals surface area contributed by atoms with Crippen LogP contribution in [0.3, 0.4) is 0 Å². The zero-order valence-electron chi connectivity index (χ0n) is 10.6. The van der Waals surface area contributed by atoms with Crippen LogP contribution in [-0.2, 0) is 0 Å². The lowest BCUT2D eigenvalue weighted by molar-refractivity contribution is 0.102. The van der Waals surface area contributed by atoms with Crippen LogP contribution in [0.25, 0.3) is 10.9 Å². The van der Waals surface area contributed by atoms with E-state index in [1.54, 1.807) is 0 Å². The molecule has 1 aromatic heterocycles. The summed E-state index contributed by atoms with van der Waals surface area (Å²) in [6, 6.07) is 8.20. The quantitative estimate of drug-likeness (QED) is 0.871. The summed E-state index contributed by atoms with van der Waals surface area (Å²) in [5, 5.41) is 11.5. The first-order valence-electron chi connectivity index (χ1n) is 6.80. The van der Waals surface area contributed by atoms with Gasteiger partial charge in [0, 0.05) is 18.3 Å². The molecule has 0 aliphatic carbocycles. The van der Waals surface area contributed by atoms with Crippen LogP contribution in [0.5, 0.6) is 0 Å². The topological polar surface area (TPSA) is 39.3 Å². The van der Waals surface area contributed by atoms with Crippen molar-refractivity contribution in [3.8, 4) is 0 Å². The van der Waals surface area contributed by atoms with E-state index >= 15 is 0 Å². The molecule has 1 aliphatic rings. The van der Waals surface area contributed by atoms with Crippen molar-refractivity contribution in [3.63, 3.8) is 0 Å². The highest BCUT2D eigenvalue weighted by atomic mass is 16.3. The molecule has 0 spiro atoms. The molecule has 2 heterocycles. The number of rotatable bonds is 3. The Labute approximate surface area is 107 Å². The number of aromatic nitrogens is 1. The average molecular weight is 244 g/mol. The second-order valence-corrected chi connectivity index (χ2v) is 5.20. The van der Waals surface area contributed by atoms with Crippen molar-refractivity contribution >= 4 is 10.9 Å². The third-order valence-electron chi connectivity index (χ3n) is 3.84. The summed E-state index contributed by atoms with van der Waals surface area (Å²) in [7, 11) is 0. The van der Waals surface area contributed by atoms with E-state index in [0.29, 0.717) is 0 Å². The summed E-state index contributed by atoms with van der Waals surface area (Å²) in [4.78, 5) is 5.55. The van der Waals surface area contributed by atoms with E-state index in [-0.39, 0.29) is 6.10 Å². The van der Waals surface area contributed by atoms with Gasteiger partial charge in [0.25, 0.3) is 0 Å². The van der Waals surface area contributed by atoms with Crippen molar-refractivity contribution in [2.24, 2.45) is 0 Å². The summed E-state index contributed by atoms with van der Waals surface area (Å²) in [5.41, 5.74) is 2.15. The SMILES string of the molecule is OC(CN1CCCCC1)c1ccc2[nH]ccc2c1. The predicted octanol–water partition coefficient (Wildman–Crippen LogP) is 2.69. The second kappa shape index (κ2) is 5.12. The van der Waals surface area contributed by atoms with Crippen LogP contribution in [0, 0.1) is 0 Å². The third-order valence-corrected chi connectivity index (χ3v) is 3.84. The number of aliphatic hydroxyl groups is 1. The number of β-amino-alcohol motifs (C(OH)–C–C–N with tert-alkyl or cyclic N) is 1. The molecule has 3 nitrogen and oxygen atoms in total. The number of likely N-dealkylation sites (tertiary alicyclic amines) is 1. The summed E-state index contributed by atoms with van der Waals surface area (Å²) in [6.07, 6.45) is 5.43. The normalized spacial score (nSPS) is 19.2. The van der Waals surface area contributed by atoms with Crippen LogP contribution in [0.1, 0.15) is 30.9 Å². The highest BCUT2D eigenvalue weighted by molar-refractivity contribution is 5.80. The Balaban J connectivity index is 1.72. The van der Waals surface area contributed by atoms with Gasteiger partial charge in [-0.2, -0.15) is 0 Å². The maximum Gasteiger partial charge on any atom is 0.0917 e. The Morgan fingerprint density at radius 3 is 2.83 bits per heavy atom. The Hall–Kier alpha value is -1.32. The van der Waals surface area contributed by atoms with Gasteiger partial charge in [0.1, 0.15) is 0 Å². The van der Waals surface area contributed by atoms with E-state index in [4.69, 9.17) is 0 Å². The van der Waals surface area contributed by atoms with Gasteiger partial charge in [-0.1, -0.05) is 12.5 Å². The first kappa shape index (κ1) is 11.8. The fraction of sp³-hybridized carbons (Fsp3) is 0.467. The average Bonchev–Trinajstić information content (AvgIpc) is 2.87. The lowest BCUT2D eigenvalue weighted by atomic mass is 10.1. The maximum absolute atomic E-state index is 10.3. The van der Waals surface area contributed by atoms with Gasteiger partial charge in [0.05, 0.1) is 6.10 Å².